The first kappa shape index (κ1) is 14.5. The van der Waals surface area contributed by atoms with Gasteiger partial charge < -0.3 is 10.1 Å². The van der Waals surface area contributed by atoms with Gasteiger partial charge in [0.25, 0.3) is 0 Å². The van der Waals surface area contributed by atoms with E-state index >= 15 is 0 Å². The van der Waals surface area contributed by atoms with Gasteiger partial charge in [-0.2, -0.15) is 0 Å². The van der Waals surface area contributed by atoms with Gasteiger partial charge in [0.1, 0.15) is 12.4 Å². The Balaban J connectivity index is 1.76. The van der Waals surface area contributed by atoms with Gasteiger partial charge in [-0.3, -0.25) is 4.98 Å². The summed E-state index contributed by atoms with van der Waals surface area (Å²) in [6.45, 7) is 8.56. The van der Waals surface area contributed by atoms with Crippen molar-refractivity contribution in [2.24, 2.45) is 0 Å². The third kappa shape index (κ3) is 4.07. The van der Waals surface area contributed by atoms with E-state index < -0.39 is 0 Å². The Bertz CT molecular complexity index is 552. The minimum absolute atomic E-state index is 0.663. The van der Waals surface area contributed by atoms with Crippen molar-refractivity contribution in [3.8, 4) is 5.75 Å². The topological polar surface area (TPSA) is 34.1 Å². The summed E-state index contributed by atoms with van der Waals surface area (Å²) < 4.78 is 5.85. The second-order valence-corrected chi connectivity index (χ2v) is 5.05. The first-order chi connectivity index (χ1) is 9.66. The molecule has 0 aliphatic heterocycles. The molecule has 3 nitrogen and oxygen atoms in total. The van der Waals surface area contributed by atoms with Gasteiger partial charge in [0.15, 0.2) is 0 Å². The molecule has 20 heavy (non-hydrogen) atoms. The van der Waals surface area contributed by atoms with Gasteiger partial charge in [0, 0.05) is 19.3 Å². The van der Waals surface area contributed by atoms with Crippen LogP contribution in [-0.4, -0.2) is 18.1 Å². The Morgan fingerprint density at radius 2 is 2.00 bits per heavy atom. The van der Waals surface area contributed by atoms with Gasteiger partial charge in [0.05, 0.1) is 5.69 Å². The van der Waals surface area contributed by atoms with Crippen molar-refractivity contribution in [1.82, 2.24) is 10.3 Å². The molecule has 106 valence electrons. The zero-order valence-electron chi connectivity index (χ0n) is 12.4. The molecule has 0 spiro atoms. The van der Waals surface area contributed by atoms with Crippen molar-refractivity contribution in [2.45, 2.75) is 27.3 Å². The average molecular weight is 270 g/mol. The van der Waals surface area contributed by atoms with E-state index in [9.17, 15) is 0 Å². The quantitative estimate of drug-likeness (QED) is 0.819. The summed E-state index contributed by atoms with van der Waals surface area (Å²) in [6.07, 6.45) is 1.81. The highest BCUT2D eigenvalue weighted by Gasteiger charge is 2.03. The first-order valence-corrected chi connectivity index (χ1v) is 6.98. The molecule has 0 radical (unpaired) electrons. The number of hydrogen-bond donors (Lipinski definition) is 1. The molecule has 0 saturated heterocycles. The number of aryl methyl sites for hydroxylation is 2. The van der Waals surface area contributed by atoms with Crippen LogP contribution >= 0.6 is 0 Å². The monoisotopic (exact) mass is 270 g/mol. The molecule has 0 amide bonds. The van der Waals surface area contributed by atoms with E-state index in [0.717, 1.165) is 24.5 Å². The summed E-state index contributed by atoms with van der Waals surface area (Å²) in [5.74, 6) is 0.988. The van der Waals surface area contributed by atoms with Crippen molar-refractivity contribution in [2.75, 3.05) is 13.2 Å². The Labute approximate surface area is 121 Å². The Morgan fingerprint density at radius 3 is 2.75 bits per heavy atom. The largest absolute Gasteiger partial charge is 0.492 e. The molecule has 0 aliphatic carbocycles. The van der Waals surface area contributed by atoms with Crippen LogP contribution in [0.25, 0.3) is 0 Å². The molecule has 1 heterocycles. The van der Waals surface area contributed by atoms with Crippen LogP contribution in [-0.2, 0) is 6.54 Å². The summed E-state index contributed by atoms with van der Waals surface area (Å²) >= 11 is 0. The fourth-order valence-electron chi connectivity index (χ4n) is 2.10. The Hall–Kier alpha value is -1.87. The molecule has 1 N–H and O–H groups in total. The second-order valence-electron chi connectivity index (χ2n) is 5.05. The SMILES string of the molecule is Cc1cc(C)c(C)c(OCCNCc2ccccn2)c1. The van der Waals surface area contributed by atoms with E-state index in [-0.39, 0.29) is 0 Å². The average Bonchev–Trinajstić information content (AvgIpc) is 2.44. The maximum atomic E-state index is 5.85. The lowest BCUT2D eigenvalue weighted by Gasteiger charge is -2.12. The number of ether oxygens (including phenoxy) is 1. The molecule has 1 aromatic heterocycles. The summed E-state index contributed by atoms with van der Waals surface area (Å²) in [6, 6.07) is 10.2. The molecule has 0 fully saturated rings. The maximum Gasteiger partial charge on any atom is 0.122 e. The van der Waals surface area contributed by atoms with E-state index in [1.807, 2.05) is 24.4 Å². The standard InChI is InChI=1S/C17H22N2O/c1-13-10-14(2)15(3)17(11-13)20-9-8-18-12-16-6-4-5-7-19-16/h4-7,10-11,18H,8-9,12H2,1-3H3. The normalized spacial score (nSPS) is 10.6. The summed E-state index contributed by atoms with van der Waals surface area (Å²) in [4.78, 5) is 4.27. The molecule has 2 rings (SSSR count). The number of pyridine rings is 1. The molecule has 0 aliphatic rings. The van der Waals surface area contributed by atoms with Crippen molar-refractivity contribution < 1.29 is 4.74 Å². The number of aromatic nitrogens is 1. The van der Waals surface area contributed by atoms with E-state index in [1.165, 1.54) is 16.7 Å². The van der Waals surface area contributed by atoms with E-state index in [0.29, 0.717) is 6.61 Å². The lowest BCUT2D eigenvalue weighted by molar-refractivity contribution is 0.311. The van der Waals surface area contributed by atoms with Crippen LogP contribution in [0.1, 0.15) is 22.4 Å². The van der Waals surface area contributed by atoms with Crippen LogP contribution < -0.4 is 10.1 Å². The molecule has 0 unspecified atom stereocenters. The van der Waals surface area contributed by atoms with Crippen molar-refractivity contribution in [3.05, 3.63) is 58.9 Å². The van der Waals surface area contributed by atoms with E-state index in [2.05, 4.69) is 43.2 Å². The van der Waals surface area contributed by atoms with Crippen LogP contribution in [0.3, 0.4) is 0 Å². The maximum absolute atomic E-state index is 5.85. The molecule has 0 bridgehead atoms. The van der Waals surface area contributed by atoms with Gasteiger partial charge in [-0.1, -0.05) is 12.1 Å². The van der Waals surface area contributed by atoms with E-state index in [4.69, 9.17) is 4.74 Å². The van der Waals surface area contributed by atoms with Gasteiger partial charge >= 0.3 is 0 Å². The molecular weight excluding hydrogens is 248 g/mol. The van der Waals surface area contributed by atoms with Gasteiger partial charge in [0.2, 0.25) is 0 Å². The molecule has 1 aromatic carbocycles. The smallest absolute Gasteiger partial charge is 0.122 e. The van der Waals surface area contributed by atoms with Gasteiger partial charge in [-0.05, 0) is 55.7 Å². The fourth-order valence-corrected chi connectivity index (χ4v) is 2.10. The van der Waals surface area contributed by atoms with Crippen molar-refractivity contribution in [3.63, 3.8) is 0 Å². The minimum atomic E-state index is 0.663. The molecule has 0 saturated carbocycles. The number of rotatable bonds is 6. The van der Waals surface area contributed by atoms with Crippen LogP contribution in [0.4, 0.5) is 0 Å². The van der Waals surface area contributed by atoms with E-state index in [1.54, 1.807) is 0 Å². The molecule has 2 aromatic rings. The van der Waals surface area contributed by atoms with Crippen LogP contribution in [0.15, 0.2) is 36.5 Å². The first-order valence-electron chi connectivity index (χ1n) is 6.98. The van der Waals surface area contributed by atoms with Crippen molar-refractivity contribution >= 4 is 0 Å². The predicted molar refractivity (Wildman–Crippen MR) is 82.1 cm³/mol. The summed E-state index contributed by atoms with van der Waals surface area (Å²) in [5, 5.41) is 3.33. The lowest BCUT2D eigenvalue weighted by atomic mass is 10.1. The highest BCUT2D eigenvalue weighted by atomic mass is 16.5. The molecule has 0 atom stereocenters. The zero-order chi connectivity index (χ0) is 14.4. The van der Waals surface area contributed by atoms with Crippen molar-refractivity contribution in [1.29, 1.82) is 0 Å². The molecule has 3 heteroatoms. The van der Waals surface area contributed by atoms with Crippen LogP contribution in [0.2, 0.25) is 0 Å². The third-order valence-corrected chi connectivity index (χ3v) is 3.33. The number of benzene rings is 1. The highest BCUT2D eigenvalue weighted by molar-refractivity contribution is 5.41. The number of hydrogen-bond acceptors (Lipinski definition) is 3. The third-order valence-electron chi connectivity index (χ3n) is 3.33. The van der Waals surface area contributed by atoms with Gasteiger partial charge in [-0.25, -0.2) is 0 Å². The minimum Gasteiger partial charge on any atom is -0.492 e. The number of nitrogens with one attached hydrogen (secondary N) is 1. The summed E-state index contributed by atoms with van der Waals surface area (Å²) in [7, 11) is 0. The zero-order valence-corrected chi connectivity index (χ0v) is 12.4. The van der Waals surface area contributed by atoms with Crippen LogP contribution in [0.5, 0.6) is 5.75 Å². The van der Waals surface area contributed by atoms with Crippen LogP contribution in [0, 0.1) is 20.8 Å². The highest BCUT2D eigenvalue weighted by Crippen LogP contribution is 2.22. The Kier molecular flexibility index (Phi) is 5.13. The predicted octanol–water partition coefficient (Wildman–Crippen LogP) is 3.18. The fraction of sp³-hybridized carbons (Fsp3) is 0.353. The lowest BCUT2D eigenvalue weighted by Crippen LogP contribution is -2.21. The Morgan fingerprint density at radius 1 is 1.15 bits per heavy atom. The second kappa shape index (κ2) is 7.06. The molecular formula is C17H22N2O. The number of nitrogens with zero attached hydrogens (tertiary/aromatic N) is 1. The summed E-state index contributed by atoms with van der Waals surface area (Å²) in [5.41, 5.74) is 4.79. The van der Waals surface area contributed by atoms with Gasteiger partial charge in [-0.15, -0.1) is 0 Å².